The van der Waals surface area contributed by atoms with Gasteiger partial charge in [-0.2, -0.15) is 4.98 Å². The summed E-state index contributed by atoms with van der Waals surface area (Å²) >= 11 is 7.64. The Hall–Kier alpha value is -2.25. The molecule has 0 bridgehead atoms. The van der Waals surface area contributed by atoms with Crippen molar-refractivity contribution in [1.82, 2.24) is 15.1 Å². The highest BCUT2D eigenvalue weighted by Gasteiger charge is 2.10. The summed E-state index contributed by atoms with van der Waals surface area (Å²) in [6, 6.07) is 7.72. The zero-order chi connectivity index (χ0) is 18.4. The Morgan fingerprint density at radius 3 is 2.96 bits per heavy atom. The zero-order valence-corrected chi connectivity index (χ0v) is 15.9. The molecule has 0 saturated carbocycles. The summed E-state index contributed by atoms with van der Waals surface area (Å²) in [5.74, 6) is 1.20. The van der Waals surface area contributed by atoms with Crippen molar-refractivity contribution in [3.63, 3.8) is 0 Å². The van der Waals surface area contributed by atoms with Crippen LogP contribution in [0.1, 0.15) is 41.9 Å². The number of hydrogen-bond donors (Lipinski definition) is 1. The van der Waals surface area contributed by atoms with Gasteiger partial charge in [0.25, 0.3) is 0 Å². The number of thiazole rings is 1. The summed E-state index contributed by atoms with van der Waals surface area (Å²) < 4.78 is 5.11. The fraction of sp³-hybridized carbons (Fsp3) is 0.333. The lowest BCUT2D eigenvalue weighted by molar-refractivity contribution is -0.116. The summed E-state index contributed by atoms with van der Waals surface area (Å²) in [6.07, 6.45) is 4.83. The van der Waals surface area contributed by atoms with Crippen LogP contribution in [0.3, 0.4) is 0 Å². The summed E-state index contributed by atoms with van der Waals surface area (Å²) in [4.78, 5) is 21.6. The standard InChI is InChI=1S/C18H19ClN4O2S/c1-2-15-21-17(25-23-15)9-5-8-16(24)22-18-20-11-13(26-18)10-12-6-3-4-7-14(12)19/h3-4,6-7,11H,2,5,8-10H2,1H3,(H,20,22,24). The van der Waals surface area contributed by atoms with E-state index in [1.807, 2.05) is 31.2 Å². The summed E-state index contributed by atoms with van der Waals surface area (Å²) in [6.45, 7) is 1.97. The van der Waals surface area contributed by atoms with Crippen LogP contribution in [0.2, 0.25) is 5.02 Å². The van der Waals surface area contributed by atoms with Gasteiger partial charge in [0.1, 0.15) is 0 Å². The van der Waals surface area contributed by atoms with E-state index in [1.165, 1.54) is 11.3 Å². The van der Waals surface area contributed by atoms with E-state index in [2.05, 4.69) is 20.4 Å². The Morgan fingerprint density at radius 1 is 1.35 bits per heavy atom. The molecule has 136 valence electrons. The molecule has 0 aliphatic heterocycles. The minimum absolute atomic E-state index is 0.0705. The maximum Gasteiger partial charge on any atom is 0.226 e. The van der Waals surface area contributed by atoms with Gasteiger partial charge < -0.3 is 9.84 Å². The van der Waals surface area contributed by atoms with Gasteiger partial charge in [-0.25, -0.2) is 4.98 Å². The molecule has 8 heteroatoms. The van der Waals surface area contributed by atoms with Crippen LogP contribution in [0, 0.1) is 0 Å². The van der Waals surface area contributed by atoms with Gasteiger partial charge in [0.15, 0.2) is 11.0 Å². The van der Waals surface area contributed by atoms with Crippen LogP contribution < -0.4 is 5.32 Å². The first-order valence-electron chi connectivity index (χ1n) is 8.43. The van der Waals surface area contributed by atoms with Crippen LogP contribution in [0.4, 0.5) is 5.13 Å². The second-order valence-electron chi connectivity index (χ2n) is 5.76. The molecule has 3 rings (SSSR count). The van der Waals surface area contributed by atoms with E-state index in [4.69, 9.17) is 16.1 Å². The summed E-state index contributed by atoms with van der Waals surface area (Å²) in [5, 5.41) is 8.01. The zero-order valence-electron chi connectivity index (χ0n) is 14.4. The third-order valence-corrected chi connectivity index (χ3v) is 5.02. The van der Waals surface area contributed by atoms with E-state index in [0.717, 1.165) is 21.9 Å². The average molecular weight is 391 g/mol. The van der Waals surface area contributed by atoms with E-state index >= 15 is 0 Å². The van der Waals surface area contributed by atoms with E-state index in [1.54, 1.807) is 6.20 Å². The number of hydrogen-bond acceptors (Lipinski definition) is 6. The van der Waals surface area contributed by atoms with Crippen molar-refractivity contribution < 1.29 is 9.32 Å². The van der Waals surface area contributed by atoms with Crippen molar-refractivity contribution in [1.29, 1.82) is 0 Å². The van der Waals surface area contributed by atoms with Gasteiger partial charge >= 0.3 is 0 Å². The number of carbonyl (C=O) groups excluding carboxylic acids is 1. The molecule has 1 amide bonds. The molecule has 2 heterocycles. The molecule has 26 heavy (non-hydrogen) atoms. The highest BCUT2D eigenvalue weighted by atomic mass is 35.5. The van der Waals surface area contributed by atoms with E-state index < -0.39 is 0 Å². The fourth-order valence-corrected chi connectivity index (χ4v) is 3.45. The van der Waals surface area contributed by atoms with Crippen LogP contribution >= 0.6 is 22.9 Å². The van der Waals surface area contributed by atoms with Gasteiger partial charge in [-0.15, -0.1) is 11.3 Å². The number of aryl methyl sites for hydroxylation is 2. The number of carbonyl (C=O) groups is 1. The number of aromatic nitrogens is 3. The van der Waals surface area contributed by atoms with Crippen molar-refractivity contribution in [2.45, 2.75) is 39.0 Å². The van der Waals surface area contributed by atoms with Gasteiger partial charge in [0.05, 0.1) is 0 Å². The van der Waals surface area contributed by atoms with E-state index in [9.17, 15) is 4.79 Å². The number of anilines is 1. The number of nitrogens with one attached hydrogen (secondary N) is 1. The molecule has 0 radical (unpaired) electrons. The SMILES string of the molecule is CCc1noc(CCCC(=O)Nc2ncc(Cc3ccccc3Cl)s2)n1. The normalized spacial score (nSPS) is 10.8. The summed E-state index contributed by atoms with van der Waals surface area (Å²) in [7, 11) is 0. The summed E-state index contributed by atoms with van der Waals surface area (Å²) in [5.41, 5.74) is 1.04. The molecule has 2 aromatic heterocycles. The lowest BCUT2D eigenvalue weighted by Gasteiger charge is -2.01. The first-order valence-corrected chi connectivity index (χ1v) is 9.63. The minimum Gasteiger partial charge on any atom is -0.339 e. The molecule has 0 fully saturated rings. The molecule has 1 aromatic carbocycles. The Labute approximate surface area is 160 Å². The highest BCUT2D eigenvalue weighted by molar-refractivity contribution is 7.15. The Bertz CT molecular complexity index is 877. The van der Waals surface area contributed by atoms with Crippen LogP contribution in [-0.2, 0) is 24.1 Å². The van der Waals surface area contributed by atoms with E-state index in [-0.39, 0.29) is 5.91 Å². The molecule has 6 nitrogen and oxygen atoms in total. The van der Waals surface area contributed by atoms with Gasteiger partial charge in [0.2, 0.25) is 11.8 Å². The number of benzene rings is 1. The fourth-order valence-electron chi connectivity index (χ4n) is 2.39. The molecule has 0 unspecified atom stereocenters. The van der Waals surface area contributed by atoms with Crippen molar-refractivity contribution in [2.24, 2.45) is 0 Å². The monoisotopic (exact) mass is 390 g/mol. The third kappa shape index (κ3) is 5.12. The van der Waals surface area contributed by atoms with Gasteiger partial charge in [-0.05, 0) is 18.1 Å². The van der Waals surface area contributed by atoms with Crippen LogP contribution in [0.15, 0.2) is 35.0 Å². The lowest BCUT2D eigenvalue weighted by atomic mass is 10.1. The van der Waals surface area contributed by atoms with Crippen molar-refractivity contribution in [2.75, 3.05) is 5.32 Å². The number of nitrogens with zero attached hydrogens (tertiary/aromatic N) is 3. The first kappa shape index (κ1) is 18.5. The number of halogens is 1. The van der Waals surface area contributed by atoms with Crippen LogP contribution in [0.25, 0.3) is 0 Å². The lowest BCUT2D eigenvalue weighted by Crippen LogP contribution is -2.11. The molecule has 3 aromatic rings. The van der Waals surface area contributed by atoms with Crippen molar-refractivity contribution in [3.8, 4) is 0 Å². The minimum atomic E-state index is -0.0705. The predicted molar refractivity (Wildman–Crippen MR) is 102 cm³/mol. The molecular weight excluding hydrogens is 372 g/mol. The Balaban J connectivity index is 1.46. The molecule has 1 N–H and O–H groups in total. The third-order valence-electron chi connectivity index (χ3n) is 3.74. The van der Waals surface area contributed by atoms with Crippen LogP contribution in [0.5, 0.6) is 0 Å². The van der Waals surface area contributed by atoms with Gasteiger partial charge in [-0.1, -0.05) is 41.9 Å². The van der Waals surface area contributed by atoms with Crippen LogP contribution in [-0.4, -0.2) is 21.0 Å². The predicted octanol–water partition coefficient (Wildman–Crippen LogP) is 4.29. The molecule has 0 saturated heterocycles. The highest BCUT2D eigenvalue weighted by Crippen LogP contribution is 2.24. The number of amides is 1. The number of rotatable bonds is 8. The maximum atomic E-state index is 12.1. The van der Waals surface area contributed by atoms with Crippen molar-refractivity contribution >= 4 is 34.0 Å². The molecule has 0 atom stereocenters. The first-order chi connectivity index (χ1) is 12.6. The quantitative estimate of drug-likeness (QED) is 0.620. The Kier molecular flexibility index (Phi) is 6.35. The topological polar surface area (TPSA) is 80.9 Å². The molecule has 0 spiro atoms. The second kappa shape index (κ2) is 8.91. The molecule has 0 aliphatic rings. The van der Waals surface area contributed by atoms with Gasteiger partial charge in [-0.3, -0.25) is 4.79 Å². The Morgan fingerprint density at radius 2 is 2.19 bits per heavy atom. The smallest absolute Gasteiger partial charge is 0.226 e. The molecule has 0 aliphatic carbocycles. The van der Waals surface area contributed by atoms with E-state index in [0.29, 0.717) is 42.5 Å². The van der Waals surface area contributed by atoms with Gasteiger partial charge in [0, 0.05) is 41.8 Å². The maximum absolute atomic E-state index is 12.1. The largest absolute Gasteiger partial charge is 0.339 e. The average Bonchev–Trinajstić information content (AvgIpc) is 3.26. The van der Waals surface area contributed by atoms with Crippen molar-refractivity contribution in [3.05, 3.63) is 57.6 Å². The second-order valence-corrected chi connectivity index (χ2v) is 7.28. The molecular formula is C18H19ClN4O2S.